The average Bonchev–Trinajstić information content (AvgIpc) is 3.42. The molecule has 0 spiro atoms. The summed E-state index contributed by atoms with van der Waals surface area (Å²) in [5.74, 6) is 1.81. The number of aryl methyl sites for hydroxylation is 2. The minimum Gasteiger partial charge on any atom is -0.447 e. The average molecular weight is 466 g/mol. The first-order chi connectivity index (χ1) is 15.6. The molecule has 7 nitrogen and oxygen atoms in total. The van der Waals surface area contributed by atoms with Gasteiger partial charge in [-0.05, 0) is 56.1 Å². The smallest absolute Gasteiger partial charge is 0.276 e. The van der Waals surface area contributed by atoms with E-state index in [4.69, 9.17) is 4.42 Å². The summed E-state index contributed by atoms with van der Waals surface area (Å²) < 4.78 is 7.70. The standard InChI is InChI=1S/C25H31N5O2S/c1-16-6-8-18(9-7-16)30-17(2)27-28-23(30)33-13-21-26-20(12-32-21)22(31)29-15-25(5)11-19(29)10-24(3,4)14-25/h6-9,12,19H,10-11,13-15H2,1-5H3. The summed E-state index contributed by atoms with van der Waals surface area (Å²) in [7, 11) is 0. The van der Waals surface area contributed by atoms with E-state index < -0.39 is 0 Å². The van der Waals surface area contributed by atoms with Crippen molar-refractivity contribution in [2.45, 2.75) is 70.8 Å². The Morgan fingerprint density at radius 1 is 1.15 bits per heavy atom. The lowest BCUT2D eigenvalue weighted by Crippen LogP contribution is -2.37. The van der Waals surface area contributed by atoms with E-state index in [1.165, 1.54) is 23.6 Å². The van der Waals surface area contributed by atoms with Crippen molar-refractivity contribution in [3.8, 4) is 5.69 Å². The molecule has 5 rings (SSSR count). The maximum atomic E-state index is 13.3. The first-order valence-corrected chi connectivity index (χ1v) is 12.5. The van der Waals surface area contributed by atoms with Gasteiger partial charge in [-0.25, -0.2) is 4.98 Å². The normalized spacial score (nSPS) is 23.8. The van der Waals surface area contributed by atoms with Crippen molar-refractivity contribution in [1.82, 2.24) is 24.6 Å². The van der Waals surface area contributed by atoms with Gasteiger partial charge in [0.15, 0.2) is 10.9 Å². The third kappa shape index (κ3) is 4.33. The fourth-order valence-corrected chi connectivity index (χ4v) is 6.72. The minimum absolute atomic E-state index is 0.0138. The third-order valence-corrected chi connectivity index (χ3v) is 7.77. The third-order valence-electron chi connectivity index (χ3n) is 6.86. The number of hydrogen-bond donors (Lipinski definition) is 0. The van der Waals surface area contributed by atoms with E-state index in [1.807, 2.05) is 16.4 Å². The fourth-order valence-electron chi connectivity index (χ4n) is 5.87. The summed E-state index contributed by atoms with van der Waals surface area (Å²) in [5.41, 5.74) is 3.09. The number of amides is 1. The number of nitrogens with zero attached hydrogens (tertiary/aromatic N) is 5. The van der Waals surface area contributed by atoms with Crippen LogP contribution in [0.5, 0.6) is 0 Å². The minimum atomic E-state index is -0.0138. The highest BCUT2D eigenvalue weighted by Gasteiger charge is 2.51. The Kier molecular flexibility index (Phi) is 5.39. The number of carbonyl (C=O) groups excluding carboxylic acids is 1. The summed E-state index contributed by atoms with van der Waals surface area (Å²) in [4.78, 5) is 19.8. The first-order valence-electron chi connectivity index (χ1n) is 11.5. The molecule has 2 aromatic heterocycles. The number of carbonyl (C=O) groups is 1. The zero-order valence-corrected chi connectivity index (χ0v) is 20.8. The Hall–Kier alpha value is -2.61. The molecule has 2 fully saturated rings. The van der Waals surface area contributed by atoms with E-state index in [0.717, 1.165) is 42.5 Å². The molecule has 1 aliphatic heterocycles. The maximum absolute atomic E-state index is 13.3. The van der Waals surface area contributed by atoms with Crippen LogP contribution in [0, 0.1) is 24.7 Å². The zero-order valence-electron chi connectivity index (χ0n) is 20.0. The van der Waals surface area contributed by atoms with Crippen molar-refractivity contribution in [1.29, 1.82) is 0 Å². The van der Waals surface area contributed by atoms with Crippen LogP contribution in [0.2, 0.25) is 0 Å². The molecule has 174 valence electrons. The predicted molar refractivity (Wildman–Crippen MR) is 127 cm³/mol. The van der Waals surface area contributed by atoms with E-state index in [2.05, 4.69) is 67.1 Å². The second-order valence-corrected chi connectivity index (χ2v) is 11.7. The topological polar surface area (TPSA) is 77.1 Å². The summed E-state index contributed by atoms with van der Waals surface area (Å²) in [6.45, 7) is 11.7. The molecule has 2 atom stereocenters. The van der Waals surface area contributed by atoms with Crippen molar-refractivity contribution in [2.75, 3.05) is 6.54 Å². The van der Waals surface area contributed by atoms with Gasteiger partial charge in [0, 0.05) is 18.3 Å². The molecule has 3 heterocycles. The Bertz CT molecular complexity index is 1180. The van der Waals surface area contributed by atoms with E-state index in [0.29, 0.717) is 17.3 Å². The largest absolute Gasteiger partial charge is 0.447 e. The number of rotatable bonds is 5. The molecule has 1 saturated carbocycles. The molecule has 1 aliphatic carbocycles. The molecule has 2 unspecified atom stereocenters. The van der Waals surface area contributed by atoms with Gasteiger partial charge in [-0.1, -0.05) is 50.2 Å². The summed E-state index contributed by atoms with van der Waals surface area (Å²) >= 11 is 1.50. The van der Waals surface area contributed by atoms with Gasteiger partial charge in [-0.3, -0.25) is 9.36 Å². The van der Waals surface area contributed by atoms with Crippen LogP contribution >= 0.6 is 11.8 Å². The number of aromatic nitrogens is 4. The van der Waals surface area contributed by atoms with Gasteiger partial charge in [0.05, 0.1) is 5.75 Å². The lowest BCUT2D eigenvalue weighted by Gasteiger charge is -2.39. The number of fused-ring (bicyclic) bond motifs is 2. The van der Waals surface area contributed by atoms with Crippen molar-refractivity contribution in [3.63, 3.8) is 0 Å². The van der Waals surface area contributed by atoms with Crippen LogP contribution in [0.25, 0.3) is 5.69 Å². The lowest BCUT2D eigenvalue weighted by molar-refractivity contribution is 0.0702. The SMILES string of the molecule is Cc1ccc(-n2c(C)nnc2SCc2nc(C(=O)N3CC4(C)CC3CC(C)(C)C4)co2)cc1. The maximum Gasteiger partial charge on any atom is 0.276 e. The number of benzene rings is 1. The number of hydrogen-bond acceptors (Lipinski definition) is 6. The highest BCUT2D eigenvalue weighted by atomic mass is 32.2. The summed E-state index contributed by atoms with van der Waals surface area (Å²) in [6.07, 6.45) is 4.78. The van der Waals surface area contributed by atoms with Crippen LogP contribution in [0.15, 0.2) is 40.1 Å². The molecule has 1 saturated heterocycles. The highest BCUT2D eigenvalue weighted by Crippen LogP contribution is 2.52. The fraction of sp³-hybridized carbons (Fsp3) is 0.520. The van der Waals surface area contributed by atoms with Crippen molar-refractivity contribution >= 4 is 17.7 Å². The van der Waals surface area contributed by atoms with E-state index in [9.17, 15) is 4.79 Å². The monoisotopic (exact) mass is 465 g/mol. The molecule has 2 bridgehead atoms. The zero-order chi connectivity index (χ0) is 23.4. The second kappa shape index (κ2) is 8.01. The highest BCUT2D eigenvalue weighted by molar-refractivity contribution is 7.98. The molecule has 0 N–H and O–H groups in total. The van der Waals surface area contributed by atoms with Crippen LogP contribution in [-0.2, 0) is 5.75 Å². The summed E-state index contributed by atoms with van der Waals surface area (Å²) in [5, 5.41) is 9.34. The van der Waals surface area contributed by atoms with Crippen LogP contribution in [0.1, 0.15) is 67.8 Å². The second-order valence-electron chi connectivity index (χ2n) is 10.8. The van der Waals surface area contributed by atoms with Gasteiger partial charge in [-0.2, -0.15) is 0 Å². The van der Waals surface area contributed by atoms with Gasteiger partial charge in [0.2, 0.25) is 5.89 Å². The lowest BCUT2D eigenvalue weighted by atomic mass is 9.65. The predicted octanol–water partition coefficient (Wildman–Crippen LogP) is 5.21. The molecule has 33 heavy (non-hydrogen) atoms. The summed E-state index contributed by atoms with van der Waals surface area (Å²) in [6, 6.07) is 8.56. The van der Waals surface area contributed by atoms with Crippen molar-refractivity contribution in [3.05, 3.63) is 53.5 Å². The molecular weight excluding hydrogens is 434 g/mol. The molecule has 1 aromatic carbocycles. The van der Waals surface area contributed by atoms with Gasteiger partial charge in [-0.15, -0.1) is 10.2 Å². The van der Waals surface area contributed by atoms with Crippen LogP contribution in [0.3, 0.4) is 0 Å². The van der Waals surface area contributed by atoms with Gasteiger partial charge in [0.25, 0.3) is 5.91 Å². The number of oxazole rings is 1. The Balaban J connectivity index is 1.28. The van der Waals surface area contributed by atoms with Crippen LogP contribution in [0.4, 0.5) is 0 Å². The molecular formula is C25H31N5O2S. The van der Waals surface area contributed by atoms with Gasteiger partial charge < -0.3 is 9.32 Å². The van der Waals surface area contributed by atoms with Crippen molar-refractivity contribution < 1.29 is 9.21 Å². The number of likely N-dealkylation sites (tertiary alicyclic amines) is 1. The van der Waals surface area contributed by atoms with Crippen molar-refractivity contribution in [2.24, 2.45) is 10.8 Å². The van der Waals surface area contributed by atoms with Crippen LogP contribution < -0.4 is 0 Å². The van der Waals surface area contributed by atoms with Gasteiger partial charge in [0.1, 0.15) is 12.1 Å². The Morgan fingerprint density at radius 3 is 2.67 bits per heavy atom. The Morgan fingerprint density at radius 2 is 1.91 bits per heavy atom. The molecule has 0 radical (unpaired) electrons. The van der Waals surface area contributed by atoms with E-state index in [-0.39, 0.29) is 22.8 Å². The van der Waals surface area contributed by atoms with Gasteiger partial charge >= 0.3 is 0 Å². The molecule has 1 amide bonds. The van der Waals surface area contributed by atoms with E-state index >= 15 is 0 Å². The van der Waals surface area contributed by atoms with Crippen LogP contribution in [-0.4, -0.2) is 43.1 Å². The molecule has 3 aromatic rings. The molecule has 2 aliphatic rings. The number of thioether (sulfide) groups is 1. The van der Waals surface area contributed by atoms with E-state index in [1.54, 1.807) is 0 Å². The Labute approximate surface area is 199 Å². The molecule has 8 heteroatoms. The quantitative estimate of drug-likeness (QED) is 0.482. The first kappa shape index (κ1) is 22.2.